The molecule has 0 saturated carbocycles. The average Bonchev–Trinajstić information content (AvgIpc) is 2.74. The minimum atomic E-state index is 0.368. The fourth-order valence-corrected chi connectivity index (χ4v) is 5.18. The lowest BCUT2D eigenvalue weighted by atomic mass is 10.1. The monoisotopic (exact) mass is 271 g/mol. The maximum Gasteiger partial charge on any atom is 0.126 e. The molecule has 2 heterocycles. The van der Waals surface area contributed by atoms with Crippen molar-refractivity contribution in [3.8, 4) is 0 Å². The van der Waals surface area contributed by atoms with Crippen LogP contribution in [-0.2, 0) is 7.05 Å². The summed E-state index contributed by atoms with van der Waals surface area (Å²) in [5.74, 6) is 3.70. The van der Waals surface area contributed by atoms with E-state index in [9.17, 15) is 0 Å². The first-order valence-electron chi connectivity index (χ1n) is 6.17. The average molecular weight is 271 g/mol. The molecule has 1 saturated heterocycles. The molecule has 3 nitrogen and oxygen atoms in total. The first-order chi connectivity index (χ1) is 8.24. The molecule has 96 valence electrons. The smallest absolute Gasteiger partial charge is 0.126 e. The van der Waals surface area contributed by atoms with E-state index in [0.717, 1.165) is 6.54 Å². The van der Waals surface area contributed by atoms with E-state index in [0.29, 0.717) is 16.5 Å². The van der Waals surface area contributed by atoms with E-state index in [-0.39, 0.29) is 0 Å². The molecule has 1 N–H and O–H groups in total. The van der Waals surface area contributed by atoms with E-state index in [1.807, 2.05) is 12.4 Å². The molecule has 0 aromatic carbocycles. The number of aryl methyl sites for hydroxylation is 1. The van der Waals surface area contributed by atoms with Crippen LogP contribution in [0.15, 0.2) is 12.4 Å². The highest BCUT2D eigenvalue weighted by molar-refractivity contribution is 8.07. The SMILES string of the molecule is CCNC(c1nccn1C)C1SCCSC1C. The number of hydrogen-bond donors (Lipinski definition) is 1. The van der Waals surface area contributed by atoms with Crippen molar-refractivity contribution in [2.45, 2.75) is 30.4 Å². The lowest BCUT2D eigenvalue weighted by Gasteiger charge is -2.34. The van der Waals surface area contributed by atoms with Crippen molar-refractivity contribution in [1.29, 1.82) is 0 Å². The normalized spacial score (nSPS) is 27.0. The van der Waals surface area contributed by atoms with Gasteiger partial charge < -0.3 is 9.88 Å². The summed E-state index contributed by atoms with van der Waals surface area (Å²) >= 11 is 4.18. The van der Waals surface area contributed by atoms with Gasteiger partial charge in [-0.2, -0.15) is 23.5 Å². The maximum absolute atomic E-state index is 4.52. The van der Waals surface area contributed by atoms with Gasteiger partial charge in [0.25, 0.3) is 0 Å². The third-order valence-electron chi connectivity index (χ3n) is 3.13. The third-order valence-corrected chi connectivity index (χ3v) is 6.32. The lowest BCUT2D eigenvalue weighted by molar-refractivity contribution is 0.487. The standard InChI is InChI=1S/C12H21N3S2/c1-4-13-10(12-14-5-6-15(12)3)11-9(2)16-7-8-17-11/h5-6,9-11,13H,4,7-8H2,1-3H3. The molecule has 0 spiro atoms. The molecular weight excluding hydrogens is 250 g/mol. The van der Waals surface area contributed by atoms with Gasteiger partial charge in [0.1, 0.15) is 5.82 Å². The van der Waals surface area contributed by atoms with Gasteiger partial charge in [0.05, 0.1) is 6.04 Å². The molecule has 1 aliphatic rings. The fourth-order valence-electron chi connectivity index (χ4n) is 2.27. The second-order valence-corrected chi connectivity index (χ2v) is 7.11. The van der Waals surface area contributed by atoms with Gasteiger partial charge in [-0.05, 0) is 6.54 Å². The fraction of sp³-hybridized carbons (Fsp3) is 0.750. The number of nitrogens with one attached hydrogen (secondary N) is 1. The van der Waals surface area contributed by atoms with Crippen LogP contribution in [0.2, 0.25) is 0 Å². The molecule has 2 rings (SSSR count). The van der Waals surface area contributed by atoms with E-state index >= 15 is 0 Å². The summed E-state index contributed by atoms with van der Waals surface area (Å²) in [6.07, 6.45) is 3.93. The van der Waals surface area contributed by atoms with E-state index in [1.165, 1.54) is 17.3 Å². The third kappa shape index (κ3) is 3.01. The molecule has 3 unspecified atom stereocenters. The largest absolute Gasteiger partial charge is 0.337 e. The van der Waals surface area contributed by atoms with Crippen LogP contribution < -0.4 is 5.32 Å². The number of imidazole rings is 1. The minimum absolute atomic E-state index is 0.368. The molecule has 1 aliphatic heterocycles. The van der Waals surface area contributed by atoms with Gasteiger partial charge in [-0.25, -0.2) is 4.98 Å². The molecule has 0 aliphatic carbocycles. The van der Waals surface area contributed by atoms with Gasteiger partial charge in [-0.1, -0.05) is 13.8 Å². The highest BCUT2D eigenvalue weighted by Crippen LogP contribution is 2.38. The summed E-state index contributed by atoms with van der Waals surface area (Å²) in [5.41, 5.74) is 0. The van der Waals surface area contributed by atoms with Gasteiger partial charge in [0.15, 0.2) is 0 Å². The Kier molecular flexibility index (Phi) is 4.82. The second-order valence-electron chi connectivity index (χ2n) is 4.34. The van der Waals surface area contributed by atoms with E-state index in [2.05, 4.69) is 59.3 Å². The number of hydrogen-bond acceptors (Lipinski definition) is 4. The summed E-state index contributed by atoms with van der Waals surface area (Å²) in [7, 11) is 2.08. The highest BCUT2D eigenvalue weighted by Gasteiger charge is 2.32. The van der Waals surface area contributed by atoms with Gasteiger partial charge in [0, 0.05) is 41.4 Å². The Bertz CT molecular complexity index is 353. The van der Waals surface area contributed by atoms with Crippen LogP contribution in [-0.4, -0.2) is 38.1 Å². The quantitative estimate of drug-likeness (QED) is 0.910. The highest BCUT2D eigenvalue weighted by atomic mass is 32.2. The summed E-state index contributed by atoms with van der Waals surface area (Å²) < 4.78 is 2.14. The molecule has 17 heavy (non-hydrogen) atoms. The zero-order valence-electron chi connectivity index (χ0n) is 10.7. The first-order valence-corrected chi connectivity index (χ1v) is 8.27. The van der Waals surface area contributed by atoms with Crippen molar-refractivity contribution < 1.29 is 0 Å². The van der Waals surface area contributed by atoms with Crippen LogP contribution in [0.3, 0.4) is 0 Å². The van der Waals surface area contributed by atoms with Crippen LogP contribution in [0.1, 0.15) is 25.7 Å². The number of thioether (sulfide) groups is 2. The minimum Gasteiger partial charge on any atom is -0.337 e. The molecular formula is C12H21N3S2. The Balaban J connectivity index is 2.19. The molecule has 1 fully saturated rings. The van der Waals surface area contributed by atoms with Crippen molar-refractivity contribution in [3.63, 3.8) is 0 Å². The van der Waals surface area contributed by atoms with E-state index < -0.39 is 0 Å². The molecule has 0 amide bonds. The van der Waals surface area contributed by atoms with Crippen molar-refractivity contribution in [3.05, 3.63) is 18.2 Å². The van der Waals surface area contributed by atoms with Crippen molar-refractivity contribution in [1.82, 2.24) is 14.9 Å². The molecule has 5 heteroatoms. The predicted molar refractivity (Wildman–Crippen MR) is 77.8 cm³/mol. The summed E-state index contributed by atoms with van der Waals surface area (Å²) in [6.45, 7) is 5.50. The van der Waals surface area contributed by atoms with E-state index in [4.69, 9.17) is 0 Å². The zero-order chi connectivity index (χ0) is 12.3. The van der Waals surface area contributed by atoms with E-state index in [1.54, 1.807) is 0 Å². The van der Waals surface area contributed by atoms with Crippen molar-refractivity contribution in [2.24, 2.45) is 7.05 Å². The molecule has 1 aromatic heterocycles. The van der Waals surface area contributed by atoms with Gasteiger partial charge >= 0.3 is 0 Å². The Morgan fingerprint density at radius 1 is 1.53 bits per heavy atom. The van der Waals surface area contributed by atoms with Crippen LogP contribution >= 0.6 is 23.5 Å². The summed E-state index contributed by atoms with van der Waals surface area (Å²) in [4.78, 5) is 4.52. The first kappa shape index (κ1) is 13.3. The van der Waals surface area contributed by atoms with Crippen LogP contribution in [0.5, 0.6) is 0 Å². The van der Waals surface area contributed by atoms with Crippen LogP contribution in [0, 0.1) is 0 Å². The number of rotatable bonds is 4. The molecule has 3 atom stereocenters. The van der Waals surface area contributed by atoms with Gasteiger partial charge in [-0.15, -0.1) is 0 Å². The Morgan fingerprint density at radius 3 is 2.88 bits per heavy atom. The van der Waals surface area contributed by atoms with Crippen LogP contribution in [0.25, 0.3) is 0 Å². The topological polar surface area (TPSA) is 29.9 Å². The van der Waals surface area contributed by atoms with Crippen molar-refractivity contribution in [2.75, 3.05) is 18.1 Å². The van der Waals surface area contributed by atoms with Gasteiger partial charge in [-0.3, -0.25) is 0 Å². The number of aromatic nitrogens is 2. The van der Waals surface area contributed by atoms with Gasteiger partial charge in [0.2, 0.25) is 0 Å². The maximum atomic E-state index is 4.52. The second kappa shape index (κ2) is 6.16. The Hall–Kier alpha value is -0.130. The predicted octanol–water partition coefficient (Wildman–Crippen LogP) is 2.31. The Labute approximate surface area is 112 Å². The zero-order valence-corrected chi connectivity index (χ0v) is 12.4. The summed E-state index contributed by atoms with van der Waals surface area (Å²) in [5, 5.41) is 4.92. The molecule has 0 bridgehead atoms. The summed E-state index contributed by atoms with van der Waals surface area (Å²) in [6, 6.07) is 0.368. The Morgan fingerprint density at radius 2 is 2.29 bits per heavy atom. The van der Waals surface area contributed by atoms with Crippen LogP contribution in [0.4, 0.5) is 0 Å². The van der Waals surface area contributed by atoms with Crippen molar-refractivity contribution >= 4 is 23.5 Å². The lowest BCUT2D eigenvalue weighted by Crippen LogP contribution is -2.39. The molecule has 1 aromatic rings. The molecule has 0 radical (unpaired) electrons. The number of nitrogens with zero attached hydrogens (tertiary/aromatic N) is 2.